The summed E-state index contributed by atoms with van der Waals surface area (Å²) in [6.45, 7) is 2.11. The van der Waals surface area contributed by atoms with Gasteiger partial charge < -0.3 is 20.1 Å². The number of hydrogen-bond donors (Lipinski definition) is 2. The Labute approximate surface area is 191 Å². The summed E-state index contributed by atoms with van der Waals surface area (Å²) in [5.41, 5.74) is 2.16. The molecule has 0 saturated heterocycles. The first-order valence-electron chi connectivity index (χ1n) is 10.5. The largest absolute Gasteiger partial charge is 0.490 e. The van der Waals surface area contributed by atoms with Crippen LogP contribution in [0, 0.1) is 0 Å². The van der Waals surface area contributed by atoms with Crippen LogP contribution in [0.2, 0.25) is 0 Å². The zero-order chi connectivity index (χ0) is 23.2. The molecule has 3 amide bonds. The first-order valence-corrected chi connectivity index (χ1v) is 10.5. The van der Waals surface area contributed by atoms with Crippen molar-refractivity contribution in [2.45, 2.75) is 6.92 Å². The Morgan fingerprint density at radius 1 is 0.939 bits per heavy atom. The van der Waals surface area contributed by atoms with E-state index in [0.717, 1.165) is 0 Å². The van der Waals surface area contributed by atoms with Gasteiger partial charge in [0.2, 0.25) is 5.91 Å². The molecule has 3 aromatic carbocycles. The van der Waals surface area contributed by atoms with Crippen LogP contribution in [0.3, 0.4) is 0 Å². The van der Waals surface area contributed by atoms with Gasteiger partial charge in [-0.25, -0.2) is 0 Å². The topological polar surface area (TPSA) is 97.0 Å². The molecule has 1 aliphatic heterocycles. The lowest BCUT2D eigenvalue weighted by molar-refractivity contribution is -0.118. The number of fused-ring (bicyclic) bond motifs is 1. The van der Waals surface area contributed by atoms with Crippen molar-refractivity contribution in [2.24, 2.45) is 0 Å². The molecule has 1 aliphatic rings. The molecule has 0 fully saturated rings. The predicted octanol–water partition coefficient (Wildman–Crippen LogP) is 3.70. The smallest absolute Gasteiger partial charge is 0.262 e. The maximum absolute atomic E-state index is 13.0. The van der Waals surface area contributed by atoms with Gasteiger partial charge in [0.15, 0.2) is 18.1 Å². The van der Waals surface area contributed by atoms with Crippen LogP contribution in [-0.2, 0) is 9.59 Å². The Morgan fingerprint density at radius 2 is 1.61 bits per heavy atom. The second-order valence-electron chi connectivity index (χ2n) is 7.25. The van der Waals surface area contributed by atoms with E-state index in [2.05, 4.69) is 10.6 Å². The lowest BCUT2D eigenvalue weighted by Gasteiger charge is -2.29. The van der Waals surface area contributed by atoms with Crippen LogP contribution < -0.4 is 25.0 Å². The molecular weight excluding hydrogens is 422 g/mol. The monoisotopic (exact) mass is 445 g/mol. The molecule has 0 saturated carbocycles. The summed E-state index contributed by atoms with van der Waals surface area (Å²) in [6, 6.07) is 20.8. The van der Waals surface area contributed by atoms with Gasteiger partial charge in [-0.15, -0.1) is 0 Å². The highest BCUT2D eigenvalue weighted by atomic mass is 16.5. The van der Waals surface area contributed by atoms with Gasteiger partial charge in [0.25, 0.3) is 11.8 Å². The number of amides is 3. The molecule has 33 heavy (non-hydrogen) atoms. The number of benzene rings is 3. The fourth-order valence-corrected chi connectivity index (χ4v) is 3.45. The molecule has 8 heteroatoms. The second kappa shape index (κ2) is 9.86. The van der Waals surface area contributed by atoms with Crippen LogP contribution in [-0.4, -0.2) is 37.5 Å². The molecule has 168 valence electrons. The summed E-state index contributed by atoms with van der Waals surface area (Å²) in [6.07, 6.45) is 0. The quantitative estimate of drug-likeness (QED) is 0.578. The van der Waals surface area contributed by atoms with E-state index in [1.807, 2.05) is 19.1 Å². The molecule has 1 heterocycles. The van der Waals surface area contributed by atoms with Crippen molar-refractivity contribution < 1.29 is 23.9 Å². The van der Waals surface area contributed by atoms with E-state index in [4.69, 9.17) is 9.47 Å². The van der Waals surface area contributed by atoms with Gasteiger partial charge in [0.1, 0.15) is 6.54 Å². The highest BCUT2D eigenvalue weighted by Crippen LogP contribution is 2.30. The number of rotatable bonds is 7. The third kappa shape index (κ3) is 5.12. The van der Waals surface area contributed by atoms with Crippen molar-refractivity contribution in [3.05, 3.63) is 78.4 Å². The summed E-state index contributed by atoms with van der Waals surface area (Å²) in [5, 5.41) is 5.50. The molecule has 2 N–H and O–H groups in total. The SMILES string of the molecule is CCOc1ccccc1OCC(=O)Nc1ccc(C(=O)N2CC(=O)Nc3ccccc32)cc1. The van der Waals surface area contributed by atoms with Crippen LogP contribution in [0.1, 0.15) is 17.3 Å². The molecule has 0 aromatic heterocycles. The molecule has 0 unspecified atom stereocenters. The lowest BCUT2D eigenvalue weighted by Crippen LogP contribution is -2.42. The van der Waals surface area contributed by atoms with Crippen LogP contribution >= 0.6 is 0 Å². The van der Waals surface area contributed by atoms with Gasteiger partial charge in [0.05, 0.1) is 18.0 Å². The van der Waals surface area contributed by atoms with Crippen molar-refractivity contribution in [3.8, 4) is 11.5 Å². The minimum atomic E-state index is -0.345. The summed E-state index contributed by atoms with van der Waals surface area (Å²) in [5.74, 6) is 0.162. The van der Waals surface area contributed by atoms with E-state index >= 15 is 0 Å². The molecule has 0 radical (unpaired) electrons. The fourth-order valence-electron chi connectivity index (χ4n) is 3.45. The number of nitrogens with zero attached hydrogens (tertiary/aromatic N) is 1. The number of hydrogen-bond acceptors (Lipinski definition) is 5. The molecule has 0 bridgehead atoms. The summed E-state index contributed by atoms with van der Waals surface area (Å²) < 4.78 is 11.1. The standard InChI is InChI=1S/C25H23N3O5/c1-2-32-21-9-5-6-10-22(21)33-16-24(30)26-18-13-11-17(12-14-18)25(31)28-15-23(29)27-19-7-3-4-8-20(19)28/h3-14H,2,15-16H2,1H3,(H,26,30)(H,27,29). The average Bonchev–Trinajstić information content (AvgIpc) is 2.83. The molecule has 8 nitrogen and oxygen atoms in total. The van der Waals surface area contributed by atoms with E-state index < -0.39 is 0 Å². The number of carbonyl (C=O) groups excluding carboxylic acids is 3. The maximum Gasteiger partial charge on any atom is 0.262 e. The predicted molar refractivity (Wildman–Crippen MR) is 125 cm³/mol. The highest BCUT2D eigenvalue weighted by Gasteiger charge is 2.27. The van der Waals surface area contributed by atoms with Gasteiger partial charge >= 0.3 is 0 Å². The zero-order valence-corrected chi connectivity index (χ0v) is 18.0. The minimum Gasteiger partial charge on any atom is -0.490 e. The zero-order valence-electron chi connectivity index (χ0n) is 18.0. The van der Waals surface area contributed by atoms with Crippen molar-refractivity contribution in [2.75, 3.05) is 35.3 Å². The van der Waals surface area contributed by atoms with Crippen molar-refractivity contribution >= 4 is 34.8 Å². The molecule has 4 rings (SSSR count). The Bertz CT molecular complexity index is 1180. The van der Waals surface area contributed by atoms with E-state index in [0.29, 0.717) is 40.7 Å². The minimum absolute atomic E-state index is 0.0606. The molecule has 0 spiro atoms. The van der Waals surface area contributed by atoms with Crippen LogP contribution in [0.15, 0.2) is 72.8 Å². The second-order valence-corrected chi connectivity index (χ2v) is 7.25. The van der Waals surface area contributed by atoms with Crippen LogP contribution in [0.5, 0.6) is 11.5 Å². The highest BCUT2D eigenvalue weighted by molar-refractivity contribution is 6.15. The van der Waals surface area contributed by atoms with Gasteiger partial charge in [-0.05, 0) is 55.5 Å². The Kier molecular flexibility index (Phi) is 6.54. The maximum atomic E-state index is 13.0. The van der Waals surface area contributed by atoms with Gasteiger partial charge in [0, 0.05) is 11.3 Å². The number of carbonyl (C=O) groups is 3. The third-order valence-corrected chi connectivity index (χ3v) is 4.94. The average molecular weight is 445 g/mol. The molecule has 0 atom stereocenters. The van der Waals surface area contributed by atoms with E-state index in [9.17, 15) is 14.4 Å². The van der Waals surface area contributed by atoms with Crippen LogP contribution in [0.25, 0.3) is 0 Å². The third-order valence-electron chi connectivity index (χ3n) is 4.94. The number of anilines is 3. The first kappa shape index (κ1) is 21.9. The van der Waals surface area contributed by atoms with E-state index in [1.165, 1.54) is 4.90 Å². The molecule has 3 aromatic rings. The Balaban J connectivity index is 1.38. The van der Waals surface area contributed by atoms with Gasteiger partial charge in [-0.2, -0.15) is 0 Å². The van der Waals surface area contributed by atoms with Gasteiger partial charge in [-0.1, -0.05) is 24.3 Å². The lowest BCUT2D eigenvalue weighted by atomic mass is 10.1. The van der Waals surface area contributed by atoms with Crippen molar-refractivity contribution in [3.63, 3.8) is 0 Å². The summed E-state index contributed by atoms with van der Waals surface area (Å²) in [7, 11) is 0. The Hall–Kier alpha value is -4.33. The summed E-state index contributed by atoms with van der Waals surface area (Å²) >= 11 is 0. The molecular formula is C25H23N3O5. The Morgan fingerprint density at radius 3 is 2.33 bits per heavy atom. The van der Waals surface area contributed by atoms with Crippen molar-refractivity contribution in [1.29, 1.82) is 0 Å². The van der Waals surface area contributed by atoms with Crippen LogP contribution in [0.4, 0.5) is 17.1 Å². The number of nitrogens with one attached hydrogen (secondary N) is 2. The normalized spacial score (nSPS) is 12.4. The van der Waals surface area contributed by atoms with E-state index in [1.54, 1.807) is 60.7 Å². The number of ether oxygens (including phenoxy) is 2. The fraction of sp³-hybridized carbons (Fsp3) is 0.160. The first-order chi connectivity index (χ1) is 16.0. The van der Waals surface area contributed by atoms with Crippen molar-refractivity contribution in [1.82, 2.24) is 0 Å². The van der Waals surface area contributed by atoms with E-state index in [-0.39, 0.29) is 30.9 Å². The summed E-state index contributed by atoms with van der Waals surface area (Å²) in [4.78, 5) is 38.7. The van der Waals surface area contributed by atoms with Gasteiger partial charge in [-0.3, -0.25) is 19.3 Å². The molecule has 0 aliphatic carbocycles. The number of para-hydroxylation sites is 4.